The van der Waals surface area contributed by atoms with Crippen LogP contribution >= 0.6 is 11.6 Å². The lowest BCUT2D eigenvalue weighted by atomic mass is 9.72. The molecular weight excluding hydrogens is 582 g/mol. The highest BCUT2D eigenvalue weighted by molar-refractivity contribution is 7.91. The molecular formula is C34H44ClN3O4S. The first kappa shape index (κ1) is 31.8. The molecule has 0 saturated heterocycles. The van der Waals surface area contributed by atoms with E-state index in [9.17, 15) is 18.3 Å². The second kappa shape index (κ2) is 14.4. The lowest BCUT2D eigenvalue weighted by Gasteiger charge is -2.38. The van der Waals surface area contributed by atoms with Gasteiger partial charge in [0, 0.05) is 30.7 Å². The number of aromatic amines is 1. The molecule has 2 aromatic carbocycles. The molecule has 2 aliphatic rings. The number of aliphatic hydroxyl groups excluding tert-OH is 1. The molecule has 1 saturated carbocycles. The molecule has 1 spiro atoms. The zero-order valence-corrected chi connectivity index (χ0v) is 26.5. The zero-order chi connectivity index (χ0) is 30.3. The summed E-state index contributed by atoms with van der Waals surface area (Å²) in [4.78, 5) is 16.9. The molecule has 7 nitrogen and oxygen atoms in total. The van der Waals surface area contributed by atoms with Crippen LogP contribution in [0.15, 0.2) is 58.3 Å². The minimum absolute atomic E-state index is 0.0400. The van der Waals surface area contributed by atoms with Crippen molar-refractivity contribution in [3.05, 3.63) is 81.6 Å². The summed E-state index contributed by atoms with van der Waals surface area (Å²) in [5.74, 6) is -0.168. The fourth-order valence-electron chi connectivity index (χ4n) is 6.69. The van der Waals surface area contributed by atoms with E-state index in [4.69, 9.17) is 11.6 Å². The summed E-state index contributed by atoms with van der Waals surface area (Å²) >= 11 is 6.18. The van der Waals surface area contributed by atoms with Gasteiger partial charge in [-0.05, 0) is 59.9 Å². The van der Waals surface area contributed by atoms with Gasteiger partial charge in [-0.1, -0.05) is 94.0 Å². The molecule has 1 fully saturated rings. The van der Waals surface area contributed by atoms with Crippen molar-refractivity contribution in [2.24, 2.45) is 0 Å². The first-order chi connectivity index (χ1) is 20.8. The van der Waals surface area contributed by atoms with Crippen LogP contribution in [-0.2, 0) is 34.9 Å². The largest absolute Gasteiger partial charge is 0.392 e. The van der Waals surface area contributed by atoms with Crippen LogP contribution in [0, 0.1) is 0 Å². The van der Waals surface area contributed by atoms with Crippen LogP contribution in [0.1, 0.15) is 110 Å². The SMILES string of the molecule is O=C(NCc1ccc(S(=O)(=O)c2cc(CO)ccc2Cl)cc1)c1cc2c([nH]1)C1(CCCCCCCCCCCC1)CNC2. The van der Waals surface area contributed by atoms with Crippen LogP contribution in [0.2, 0.25) is 5.02 Å². The van der Waals surface area contributed by atoms with E-state index in [2.05, 4.69) is 15.6 Å². The Morgan fingerprint density at radius 3 is 2.09 bits per heavy atom. The van der Waals surface area contributed by atoms with Crippen LogP contribution in [0.25, 0.3) is 0 Å². The van der Waals surface area contributed by atoms with Gasteiger partial charge >= 0.3 is 0 Å². The van der Waals surface area contributed by atoms with Gasteiger partial charge in [0.15, 0.2) is 0 Å². The number of fused-ring (bicyclic) bond motifs is 2. The molecule has 1 aliphatic carbocycles. The predicted octanol–water partition coefficient (Wildman–Crippen LogP) is 6.96. The monoisotopic (exact) mass is 625 g/mol. The lowest BCUT2D eigenvalue weighted by Crippen LogP contribution is -2.43. The maximum atomic E-state index is 13.3. The van der Waals surface area contributed by atoms with Gasteiger partial charge in [-0.25, -0.2) is 8.42 Å². The maximum Gasteiger partial charge on any atom is 0.267 e. The number of hydrogen-bond acceptors (Lipinski definition) is 5. The minimum Gasteiger partial charge on any atom is -0.392 e. The first-order valence-electron chi connectivity index (χ1n) is 15.8. The van der Waals surface area contributed by atoms with Crippen molar-refractivity contribution in [1.82, 2.24) is 15.6 Å². The predicted molar refractivity (Wildman–Crippen MR) is 170 cm³/mol. The minimum atomic E-state index is -3.87. The number of carbonyl (C=O) groups excluding carboxylic acids is 1. The van der Waals surface area contributed by atoms with Gasteiger partial charge in [0.25, 0.3) is 5.91 Å². The summed E-state index contributed by atoms with van der Waals surface area (Å²) in [5, 5.41) is 16.2. The molecule has 0 radical (unpaired) electrons. The van der Waals surface area contributed by atoms with Crippen molar-refractivity contribution in [3.63, 3.8) is 0 Å². The Bertz CT molecular complexity index is 1490. The molecule has 5 rings (SSSR count). The van der Waals surface area contributed by atoms with Gasteiger partial charge in [0.05, 0.1) is 21.4 Å². The summed E-state index contributed by atoms with van der Waals surface area (Å²) in [6.45, 7) is 1.71. The molecule has 232 valence electrons. The molecule has 1 amide bonds. The lowest BCUT2D eigenvalue weighted by molar-refractivity contribution is 0.0946. The Kier molecular flexibility index (Phi) is 10.7. The highest BCUT2D eigenvalue weighted by Crippen LogP contribution is 2.40. The number of aromatic nitrogens is 1. The summed E-state index contributed by atoms with van der Waals surface area (Å²) in [6, 6.07) is 12.9. The van der Waals surface area contributed by atoms with Crippen LogP contribution in [0.4, 0.5) is 0 Å². The molecule has 43 heavy (non-hydrogen) atoms. The summed E-state index contributed by atoms with van der Waals surface area (Å²) in [7, 11) is -3.87. The van der Waals surface area contributed by atoms with Crippen molar-refractivity contribution < 1.29 is 18.3 Å². The van der Waals surface area contributed by atoms with Crippen LogP contribution < -0.4 is 10.6 Å². The third-order valence-electron chi connectivity index (χ3n) is 9.17. The second-order valence-corrected chi connectivity index (χ2v) is 14.6. The van der Waals surface area contributed by atoms with E-state index >= 15 is 0 Å². The second-order valence-electron chi connectivity index (χ2n) is 12.3. The Morgan fingerprint density at radius 2 is 1.47 bits per heavy atom. The summed E-state index contributed by atoms with van der Waals surface area (Å²) in [5.41, 5.74) is 4.31. The average molecular weight is 626 g/mol. The average Bonchev–Trinajstić information content (AvgIpc) is 3.47. The van der Waals surface area contributed by atoms with Gasteiger partial charge in [-0.15, -0.1) is 0 Å². The van der Waals surface area contributed by atoms with Crippen LogP contribution in [0.5, 0.6) is 0 Å². The standard InChI is InChI=1S/C34H44ClN3O4S/c35-29-16-13-26(23-39)19-31(29)43(41,42)28-14-11-25(12-15-28)21-37-33(40)30-20-27-22-36-24-34(32(27)38-30)17-9-7-5-3-1-2-4-6-8-10-18-34/h11-16,19-20,36,38-39H,1-10,17-18,21-24H2,(H,37,40). The van der Waals surface area contributed by atoms with Gasteiger partial charge in [-0.2, -0.15) is 0 Å². The number of rotatable bonds is 6. The number of carbonyl (C=O) groups is 1. The van der Waals surface area contributed by atoms with Gasteiger partial charge in [-0.3, -0.25) is 4.79 Å². The Balaban J connectivity index is 1.26. The van der Waals surface area contributed by atoms with Gasteiger partial charge in [0.2, 0.25) is 9.84 Å². The molecule has 3 aromatic rings. The number of halogens is 1. The summed E-state index contributed by atoms with van der Waals surface area (Å²) < 4.78 is 26.4. The smallest absolute Gasteiger partial charge is 0.267 e. The van der Waals surface area contributed by atoms with Crippen molar-refractivity contribution >= 4 is 27.3 Å². The first-order valence-corrected chi connectivity index (χ1v) is 17.6. The molecule has 2 heterocycles. The quantitative estimate of drug-likeness (QED) is 0.237. The van der Waals surface area contributed by atoms with Crippen molar-refractivity contribution in [1.29, 1.82) is 0 Å². The van der Waals surface area contributed by atoms with Crippen molar-refractivity contribution in [2.45, 2.75) is 112 Å². The molecule has 0 atom stereocenters. The molecule has 1 aromatic heterocycles. The number of H-pyrrole nitrogens is 1. The van der Waals surface area contributed by atoms with E-state index in [-0.39, 0.29) is 39.3 Å². The summed E-state index contributed by atoms with van der Waals surface area (Å²) in [6.07, 6.45) is 15.3. The number of benzene rings is 2. The molecule has 9 heteroatoms. The Morgan fingerprint density at radius 1 is 0.860 bits per heavy atom. The van der Waals surface area contributed by atoms with E-state index in [1.165, 1.54) is 99.7 Å². The number of sulfone groups is 1. The zero-order valence-electron chi connectivity index (χ0n) is 24.9. The highest BCUT2D eigenvalue weighted by Gasteiger charge is 2.38. The normalized spacial score (nSPS) is 18.2. The number of amides is 1. The maximum absolute atomic E-state index is 13.3. The molecule has 4 N–H and O–H groups in total. The fourth-order valence-corrected chi connectivity index (χ4v) is 8.49. The number of hydrogen-bond donors (Lipinski definition) is 4. The molecule has 0 unspecified atom stereocenters. The third kappa shape index (κ3) is 7.54. The topological polar surface area (TPSA) is 111 Å². The van der Waals surface area contributed by atoms with Gasteiger partial charge in [0.1, 0.15) is 5.69 Å². The number of nitrogens with one attached hydrogen (secondary N) is 3. The van der Waals surface area contributed by atoms with E-state index in [0.717, 1.165) is 31.5 Å². The fraction of sp³-hybridized carbons (Fsp3) is 0.500. The van der Waals surface area contributed by atoms with E-state index < -0.39 is 9.84 Å². The number of aliphatic hydroxyl groups is 1. The third-order valence-corrected chi connectivity index (χ3v) is 11.4. The van der Waals surface area contributed by atoms with Crippen LogP contribution in [-0.4, -0.2) is 31.0 Å². The molecule has 1 aliphatic heterocycles. The van der Waals surface area contributed by atoms with E-state index in [1.54, 1.807) is 18.2 Å². The van der Waals surface area contributed by atoms with Crippen LogP contribution in [0.3, 0.4) is 0 Å². The highest BCUT2D eigenvalue weighted by atomic mass is 35.5. The van der Waals surface area contributed by atoms with Gasteiger partial charge < -0.3 is 20.7 Å². The van der Waals surface area contributed by atoms with Crippen molar-refractivity contribution in [3.8, 4) is 0 Å². The Labute approximate surface area is 260 Å². The van der Waals surface area contributed by atoms with E-state index in [0.29, 0.717) is 11.3 Å². The Hall–Kier alpha value is -2.65. The van der Waals surface area contributed by atoms with E-state index in [1.807, 2.05) is 6.07 Å². The molecule has 0 bridgehead atoms. The van der Waals surface area contributed by atoms with Crippen molar-refractivity contribution in [2.75, 3.05) is 6.54 Å².